The van der Waals surface area contributed by atoms with E-state index >= 15 is 0 Å². The van der Waals surface area contributed by atoms with E-state index in [0.29, 0.717) is 6.42 Å². The number of likely N-dealkylation sites (N-methyl/N-ethyl adjacent to an activating group) is 1. The van der Waals surface area contributed by atoms with Crippen molar-refractivity contribution in [3.63, 3.8) is 0 Å². The average molecular weight is 245 g/mol. The van der Waals surface area contributed by atoms with E-state index in [9.17, 15) is 4.79 Å². The van der Waals surface area contributed by atoms with E-state index in [1.165, 1.54) is 0 Å². The lowest BCUT2D eigenvalue weighted by Gasteiger charge is -2.27. The summed E-state index contributed by atoms with van der Waals surface area (Å²) in [6, 6.07) is 0. The Balaban J connectivity index is 3.89. The molecule has 0 aliphatic carbocycles. The van der Waals surface area contributed by atoms with Crippen LogP contribution in [-0.4, -0.2) is 74.2 Å². The number of rotatable bonds is 9. The molecule has 0 bridgehead atoms. The molecular weight excluding hydrogens is 218 g/mol. The van der Waals surface area contributed by atoms with E-state index in [0.717, 1.165) is 26.1 Å². The third-order valence-corrected chi connectivity index (χ3v) is 3.16. The highest BCUT2D eigenvalue weighted by molar-refractivity contribution is 5.78. The molecular formula is C12H27N3O2. The molecule has 0 aliphatic heterocycles. The van der Waals surface area contributed by atoms with Crippen LogP contribution in [0.25, 0.3) is 0 Å². The summed E-state index contributed by atoms with van der Waals surface area (Å²) in [6.45, 7) is 4.57. The molecule has 1 atom stereocenters. The summed E-state index contributed by atoms with van der Waals surface area (Å²) in [6.07, 6.45) is 1.71. The molecule has 0 aliphatic rings. The van der Waals surface area contributed by atoms with E-state index in [1.54, 1.807) is 14.0 Å². The smallest absolute Gasteiger partial charge is 0.323 e. The van der Waals surface area contributed by atoms with E-state index in [-0.39, 0.29) is 0 Å². The first-order chi connectivity index (χ1) is 7.81. The number of nitrogens with zero attached hydrogens (tertiary/aromatic N) is 2. The number of hydrogen-bond acceptors (Lipinski definition) is 4. The summed E-state index contributed by atoms with van der Waals surface area (Å²) in [5, 5.41) is 12.0. The molecule has 0 saturated carbocycles. The minimum Gasteiger partial charge on any atom is -0.480 e. The summed E-state index contributed by atoms with van der Waals surface area (Å²) in [7, 11) is 7.85. The van der Waals surface area contributed by atoms with E-state index in [4.69, 9.17) is 5.11 Å². The highest BCUT2D eigenvalue weighted by Gasteiger charge is 2.30. The zero-order valence-electron chi connectivity index (χ0n) is 11.8. The predicted octanol–water partition coefficient (Wildman–Crippen LogP) is 0.323. The van der Waals surface area contributed by atoms with Crippen molar-refractivity contribution in [2.24, 2.45) is 0 Å². The van der Waals surface area contributed by atoms with Crippen LogP contribution in [0, 0.1) is 0 Å². The molecule has 17 heavy (non-hydrogen) atoms. The first kappa shape index (κ1) is 16.4. The highest BCUT2D eigenvalue weighted by atomic mass is 16.4. The molecule has 2 N–H and O–H groups in total. The third kappa shape index (κ3) is 6.61. The fraction of sp³-hybridized carbons (Fsp3) is 0.917. The maximum absolute atomic E-state index is 11.1. The summed E-state index contributed by atoms with van der Waals surface area (Å²) in [5.74, 6) is -0.790. The van der Waals surface area contributed by atoms with Gasteiger partial charge in [-0.2, -0.15) is 0 Å². The lowest BCUT2D eigenvalue weighted by Crippen LogP contribution is -2.49. The van der Waals surface area contributed by atoms with Crippen molar-refractivity contribution in [1.29, 1.82) is 0 Å². The third-order valence-electron chi connectivity index (χ3n) is 3.16. The Hall–Kier alpha value is -0.650. The van der Waals surface area contributed by atoms with Crippen LogP contribution in [0.3, 0.4) is 0 Å². The molecule has 0 amide bonds. The molecule has 0 fully saturated rings. The van der Waals surface area contributed by atoms with Crippen LogP contribution in [0.2, 0.25) is 0 Å². The second kappa shape index (κ2) is 7.63. The van der Waals surface area contributed by atoms with Crippen molar-refractivity contribution in [2.75, 3.05) is 47.8 Å². The molecule has 1 unspecified atom stereocenters. The fourth-order valence-corrected chi connectivity index (χ4v) is 1.52. The standard InChI is InChI=1S/C12H27N3O2/c1-12(13-2,11(16)17)7-10-15(5)9-6-8-14(3)4/h13H,6-10H2,1-5H3,(H,16,17). The average Bonchev–Trinajstić information content (AvgIpc) is 2.25. The van der Waals surface area contributed by atoms with E-state index in [2.05, 4.69) is 29.2 Å². The van der Waals surface area contributed by atoms with E-state index < -0.39 is 11.5 Å². The van der Waals surface area contributed by atoms with Gasteiger partial charge in [0.05, 0.1) is 0 Å². The van der Waals surface area contributed by atoms with Gasteiger partial charge in [-0.25, -0.2) is 0 Å². The Kier molecular flexibility index (Phi) is 7.34. The van der Waals surface area contributed by atoms with Crippen LogP contribution in [0.4, 0.5) is 0 Å². The SMILES string of the molecule is CNC(C)(CCN(C)CCCN(C)C)C(=O)O. The fourth-order valence-electron chi connectivity index (χ4n) is 1.52. The van der Waals surface area contributed by atoms with Crippen LogP contribution in [0.1, 0.15) is 19.8 Å². The van der Waals surface area contributed by atoms with Crippen molar-refractivity contribution in [1.82, 2.24) is 15.1 Å². The predicted molar refractivity (Wildman–Crippen MR) is 70.4 cm³/mol. The van der Waals surface area contributed by atoms with Crippen molar-refractivity contribution >= 4 is 5.97 Å². The molecule has 0 saturated heterocycles. The summed E-state index contributed by atoms with van der Waals surface area (Å²) in [4.78, 5) is 15.4. The molecule has 0 spiro atoms. The summed E-state index contributed by atoms with van der Waals surface area (Å²) < 4.78 is 0. The maximum Gasteiger partial charge on any atom is 0.323 e. The Labute approximate surface area is 105 Å². The Bertz CT molecular complexity index is 234. The number of carbonyl (C=O) groups is 1. The molecule has 102 valence electrons. The van der Waals surface area contributed by atoms with Gasteiger partial charge in [-0.05, 0) is 61.0 Å². The molecule has 0 rings (SSSR count). The van der Waals surface area contributed by atoms with Gasteiger partial charge >= 0.3 is 5.97 Å². The second-order valence-corrected chi connectivity index (χ2v) is 5.10. The summed E-state index contributed by atoms with van der Waals surface area (Å²) in [5.41, 5.74) is -0.824. The van der Waals surface area contributed by atoms with Crippen molar-refractivity contribution < 1.29 is 9.90 Å². The maximum atomic E-state index is 11.1. The van der Waals surface area contributed by atoms with Crippen LogP contribution in [0.15, 0.2) is 0 Å². The van der Waals surface area contributed by atoms with Gasteiger partial charge in [0.25, 0.3) is 0 Å². The minimum atomic E-state index is -0.824. The quantitative estimate of drug-likeness (QED) is 0.613. The Morgan fingerprint density at radius 1 is 1.24 bits per heavy atom. The number of carboxylic acid groups (broad SMARTS) is 1. The van der Waals surface area contributed by atoms with Crippen LogP contribution in [-0.2, 0) is 4.79 Å². The van der Waals surface area contributed by atoms with Gasteiger partial charge in [-0.1, -0.05) is 0 Å². The normalized spacial score (nSPS) is 15.2. The number of hydrogen-bond donors (Lipinski definition) is 2. The molecule has 0 aromatic rings. The van der Waals surface area contributed by atoms with Gasteiger partial charge in [0.15, 0.2) is 0 Å². The zero-order chi connectivity index (χ0) is 13.5. The molecule has 0 heterocycles. The van der Waals surface area contributed by atoms with Crippen molar-refractivity contribution in [2.45, 2.75) is 25.3 Å². The zero-order valence-corrected chi connectivity index (χ0v) is 11.8. The number of aliphatic carboxylic acids is 1. The number of carboxylic acids is 1. The van der Waals surface area contributed by atoms with Gasteiger partial charge < -0.3 is 20.2 Å². The lowest BCUT2D eigenvalue weighted by atomic mass is 9.98. The monoisotopic (exact) mass is 245 g/mol. The highest BCUT2D eigenvalue weighted by Crippen LogP contribution is 2.10. The number of nitrogens with one attached hydrogen (secondary N) is 1. The Morgan fingerprint density at radius 3 is 2.24 bits per heavy atom. The van der Waals surface area contributed by atoms with Crippen LogP contribution in [0.5, 0.6) is 0 Å². The largest absolute Gasteiger partial charge is 0.480 e. The lowest BCUT2D eigenvalue weighted by molar-refractivity contribution is -0.144. The molecule has 5 heteroatoms. The van der Waals surface area contributed by atoms with Crippen molar-refractivity contribution in [3.8, 4) is 0 Å². The molecule has 0 radical (unpaired) electrons. The molecule has 0 aromatic heterocycles. The first-order valence-corrected chi connectivity index (χ1v) is 6.07. The van der Waals surface area contributed by atoms with Gasteiger partial charge in [0.2, 0.25) is 0 Å². The molecule has 5 nitrogen and oxygen atoms in total. The topological polar surface area (TPSA) is 55.8 Å². The van der Waals surface area contributed by atoms with Gasteiger partial charge in [0, 0.05) is 6.54 Å². The molecule has 0 aromatic carbocycles. The van der Waals surface area contributed by atoms with Crippen LogP contribution >= 0.6 is 0 Å². The van der Waals surface area contributed by atoms with E-state index in [1.807, 2.05) is 7.05 Å². The summed E-state index contributed by atoms with van der Waals surface area (Å²) >= 11 is 0. The van der Waals surface area contributed by atoms with Gasteiger partial charge in [-0.15, -0.1) is 0 Å². The van der Waals surface area contributed by atoms with Gasteiger partial charge in [0.1, 0.15) is 5.54 Å². The second-order valence-electron chi connectivity index (χ2n) is 5.10. The van der Waals surface area contributed by atoms with Crippen molar-refractivity contribution in [3.05, 3.63) is 0 Å². The first-order valence-electron chi connectivity index (χ1n) is 6.07. The Morgan fingerprint density at radius 2 is 1.82 bits per heavy atom. The minimum absolute atomic E-state index is 0.608. The van der Waals surface area contributed by atoms with Crippen LogP contribution < -0.4 is 5.32 Å². The van der Waals surface area contributed by atoms with Gasteiger partial charge in [-0.3, -0.25) is 4.79 Å².